The summed E-state index contributed by atoms with van der Waals surface area (Å²) in [7, 11) is 0. The number of hydrazone groups is 1. The summed E-state index contributed by atoms with van der Waals surface area (Å²) in [5.74, 6) is -0.868. The molecule has 0 spiro atoms. The molecular weight excluding hydrogens is 428 g/mol. The van der Waals surface area contributed by atoms with Gasteiger partial charge in [-0.05, 0) is 64.9 Å². The maximum absolute atomic E-state index is 12.4. The van der Waals surface area contributed by atoms with Crippen LogP contribution in [0.5, 0.6) is 11.5 Å². The highest BCUT2D eigenvalue weighted by atomic mass is 35.5. The highest BCUT2D eigenvalue weighted by Crippen LogP contribution is 2.25. The largest absolute Gasteiger partial charge is 0.507 e. The number of amides is 1. The van der Waals surface area contributed by atoms with E-state index in [9.17, 15) is 14.7 Å². The lowest BCUT2D eigenvalue weighted by Crippen LogP contribution is -2.17. The van der Waals surface area contributed by atoms with Gasteiger partial charge in [-0.15, -0.1) is 0 Å². The van der Waals surface area contributed by atoms with Crippen LogP contribution < -0.4 is 10.2 Å². The Morgan fingerprint density at radius 3 is 2.25 bits per heavy atom. The second-order valence-corrected chi connectivity index (χ2v) is 7.26. The van der Waals surface area contributed by atoms with Crippen molar-refractivity contribution in [2.24, 2.45) is 5.10 Å². The number of carbonyl (C=O) groups is 2. The minimum absolute atomic E-state index is 0.124. The summed E-state index contributed by atoms with van der Waals surface area (Å²) in [5.41, 5.74) is 3.47. The molecule has 6 nitrogen and oxygen atoms in total. The number of benzene rings is 4. The van der Waals surface area contributed by atoms with Crippen molar-refractivity contribution in [3.8, 4) is 11.5 Å². The highest BCUT2D eigenvalue weighted by molar-refractivity contribution is 6.33. The molecule has 0 aliphatic heterocycles. The number of hydrogen-bond acceptors (Lipinski definition) is 5. The second-order valence-electron chi connectivity index (χ2n) is 6.85. The molecule has 1 amide bonds. The zero-order chi connectivity index (χ0) is 22.5. The molecule has 4 rings (SSSR count). The molecule has 32 heavy (non-hydrogen) atoms. The molecule has 0 heterocycles. The standard InChI is InChI=1S/C25H17ClN2O4/c26-22-8-4-3-7-20(22)25(31)32-19-11-9-16(10-12-19)15-27-28-24(30)21-13-17-5-1-2-6-18(17)14-23(21)29/h1-15,29H,(H,28,30)/b27-15-. The van der Waals surface area contributed by atoms with Crippen LogP contribution >= 0.6 is 11.6 Å². The van der Waals surface area contributed by atoms with Crippen molar-refractivity contribution in [1.29, 1.82) is 0 Å². The first kappa shape index (κ1) is 21.1. The molecule has 0 bridgehead atoms. The monoisotopic (exact) mass is 444 g/mol. The van der Waals surface area contributed by atoms with E-state index in [1.165, 1.54) is 12.3 Å². The number of nitrogens with zero attached hydrogens (tertiary/aromatic N) is 1. The van der Waals surface area contributed by atoms with Gasteiger partial charge in [-0.1, -0.05) is 48.0 Å². The molecule has 0 atom stereocenters. The molecule has 4 aromatic carbocycles. The molecular formula is C25H17ClN2O4. The van der Waals surface area contributed by atoms with Crippen LogP contribution in [-0.2, 0) is 0 Å². The number of halogens is 1. The number of ether oxygens (including phenoxy) is 1. The number of hydrogen-bond donors (Lipinski definition) is 2. The lowest BCUT2D eigenvalue weighted by Gasteiger charge is -2.06. The average molecular weight is 445 g/mol. The van der Waals surface area contributed by atoms with Crippen molar-refractivity contribution in [2.75, 3.05) is 0 Å². The number of carbonyl (C=O) groups excluding carboxylic acids is 2. The van der Waals surface area contributed by atoms with E-state index in [4.69, 9.17) is 16.3 Å². The normalized spacial score (nSPS) is 10.9. The van der Waals surface area contributed by atoms with Crippen LogP contribution in [0.25, 0.3) is 10.8 Å². The summed E-state index contributed by atoms with van der Waals surface area (Å²) in [6.45, 7) is 0. The predicted molar refractivity (Wildman–Crippen MR) is 124 cm³/mol. The van der Waals surface area contributed by atoms with Gasteiger partial charge >= 0.3 is 5.97 Å². The number of aromatic hydroxyl groups is 1. The van der Waals surface area contributed by atoms with Gasteiger partial charge in [-0.25, -0.2) is 10.2 Å². The highest BCUT2D eigenvalue weighted by Gasteiger charge is 2.13. The summed E-state index contributed by atoms with van der Waals surface area (Å²) < 4.78 is 5.32. The molecule has 0 saturated heterocycles. The zero-order valence-electron chi connectivity index (χ0n) is 16.7. The Labute approximate surface area is 188 Å². The molecule has 0 unspecified atom stereocenters. The zero-order valence-corrected chi connectivity index (χ0v) is 17.4. The van der Waals surface area contributed by atoms with Gasteiger partial charge in [-0.3, -0.25) is 4.79 Å². The fourth-order valence-corrected chi connectivity index (χ4v) is 3.26. The Hall–Kier alpha value is -4.16. The Morgan fingerprint density at radius 2 is 1.53 bits per heavy atom. The van der Waals surface area contributed by atoms with Gasteiger partial charge in [0, 0.05) is 0 Å². The number of nitrogens with one attached hydrogen (secondary N) is 1. The Kier molecular flexibility index (Phi) is 6.14. The third-order valence-corrected chi connectivity index (χ3v) is 5.00. The molecule has 0 saturated carbocycles. The number of phenols is 1. The van der Waals surface area contributed by atoms with Crippen LogP contribution in [0.3, 0.4) is 0 Å². The first-order chi connectivity index (χ1) is 15.5. The van der Waals surface area contributed by atoms with Crippen LogP contribution in [0.15, 0.2) is 90.0 Å². The molecule has 0 radical (unpaired) electrons. The molecule has 0 aliphatic rings. The fraction of sp³-hybridized carbons (Fsp3) is 0. The van der Waals surface area contributed by atoms with Crippen molar-refractivity contribution in [2.45, 2.75) is 0 Å². The Bertz CT molecular complexity index is 1330. The third kappa shape index (κ3) is 4.77. The molecule has 0 aliphatic carbocycles. The van der Waals surface area contributed by atoms with Gasteiger partial charge in [-0.2, -0.15) is 5.10 Å². The van der Waals surface area contributed by atoms with Gasteiger partial charge in [0.1, 0.15) is 11.5 Å². The van der Waals surface area contributed by atoms with E-state index in [-0.39, 0.29) is 16.9 Å². The van der Waals surface area contributed by atoms with Gasteiger partial charge < -0.3 is 9.84 Å². The van der Waals surface area contributed by atoms with Crippen LogP contribution in [0.1, 0.15) is 26.3 Å². The van der Waals surface area contributed by atoms with Gasteiger partial charge in [0.25, 0.3) is 5.91 Å². The van der Waals surface area contributed by atoms with E-state index >= 15 is 0 Å². The minimum Gasteiger partial charge on any atom is -0.507 e. The maximum Gasteiger partial charge on any atom is 0.345 e. The number of fused-ring (bicyclic) bond motifs is 1. The SMILES string of the molecule is O=C(N/N=C\c1ccc(OC(=O)c2ccccc2Cl)cc1)c1cc2ccccc2cc1O. The molecule has 2 N–H and O–H groups in total. The average Bonchev–Trinajstić information content (AvgIpc) is 2.80. The predicted octanol–water partition coefficient (Wildman–Crippen LogP) is 5.18. The topological polar surface area (TPSA) is 88.0 Å². The first-order valence-corrected chi connectivity index (χ1v) is 10.0. The van der Waals surface area contributed by atoms with Crippen molar-refractivity contribution in [3.63, 3.8) is 0 Å². The number of esters is 1. The number of phenolic OH excluding ortho intramolecular Hbond substituents is 1. The first-order valence-electron chi connectivity index (χ1n) is 9.63. The van der Waals surface area contributed by atoms with Gasteiger partial charge in [0.05, 0.1) is 22.4 Å². The molecule has 7 heteroatoms. The summed E-state index contributed by atoms with van der Waals surface area (Å²) >= 11 is 6.01. The quantitative estimate of drug-likeness (QED) is 0.192. The van der Waals surface area contributed by atoms with Crippen LogP contribution in [-0.4, -0.2) is 23.2 Å². The van der Waals surface area contributed by atoms with Gasteiger partial charge in [0.15, 0.2) is 0 Å². The fourth-order valence-electron chi connectivity index (χ4n) is 3.05. The second kappa shape index (κ2) is 9.32. The Balaban J connectivity index is 1.39. The van der Waals surface area contributed by atoms with Gasteiger partial charge in [0.2, 0.25) is 0 Å². The lowest BCUT2D eigenvalue weighted by molar-refractivity contribution is 0.0734. The van der Waals surface area contributed by atoms with E-state index in [2.05, 4.69) is 10.5 Å². The summed E-state index contributed by atoms with van der Waals surface area (Å²) in [4.78, 5) is 24.6. The van der Waals surface area contributed by atoms with E-state index in [1.54, 1.807) is 54.6 Å². The molecule has 4 aromatic rings. The van der Waals surface area contributed by atoms with Crippen LogP contribution in [0.4, 0.5) is 0 Å². The van der Waals surface area contributed by atoms with E-state index in [0.717, 1.165) is 10.8 Å². The van der Waals surface area contributed by atoms with Crippen molar-refractivity contribution >= 4 is 40.5 Å². The molecule has 0 fully saturated rings. The minimum atomic E-state index is -0.556. The van der Waals surface area contributed by atoms with E-state index in [1.807, 2.05) is 24.3 Å². The molecule has 0 aromatic heterocycles. The summed E-state index contributed by atoms with van der Waals surface area (Å²) in [6, 6.07) is 23.8. The maximum atomic E-state index is 12.4. The van der Waals surface area contributed by atoms with Crippen LogP contribution in [0, 0.1) is 0 Å². The summed E-state index contributed by atoms with van der Waals surface area (Å²) in [6.07, 6.45) is 1.44. The molecule has 158 valence electrons. The Morgan fingerprint density at radius 1 is 0.875 bits per heavy atom. The van der Waals surface area contributed by atoms with E-state index < -0.39 is 11.9 Å². The van der Waals surface area contributed by atoms with Crippen molar-refractivity contribution < 1.29 is 19.4 Å². The smallest absolute Gasteiger partial charge is 0.345 e. The summed E-state index contributed by atoms with van der Waals surface area (Å²) in [5, 5.41) is 16.0. The number of rotatable bonds is 5. The van der Waals surface area contributed by atoms with Crippen molar-refractivity contribution in [1.82, 2.24) is 5.43 Å². The third-order valence-electron chi connectivity index (χ3n) is 4.67. The lowest BCUT2D eigenvalue weighted by atomic mass is 10.1. The van der Waals surface area contributed by atoms with Crippen LogP contribution in [0.2, 0.25) is 5.02 Å². The van der Waals surface area contributed by atoms with E-state index in [0.29, 0.717) is 16.3 Å². The van der Waals surface area contributed by atoms with Crippen molar-refractivity contribution in [3.05, 3.63) is 107 Å².